The van der Waals surface area contributed by atoms with Crippen LogP contribution < -0.4 is 0 Å². The number of methoxy groups -OCH3 is 1. The van der Waals surface area contributed by atoms with Crippen LogP contribution in [0.4, 0.5) is 0 Å². The maximum Gasteiger partial charge on any atom is 0.333 e. The Hall–Kier alpha value is -0.990. The van der Waals surface area contributed by atoms with Crippen LogP contribution in [0.3, 0.4) is 0 Å². The van der Waals surface area contributed by atoms with Crippen molar-refractivity contribution in [3.05, 3.63) is 11.6 Å². The molecule has 0 radical (unpaired) electrons. The summed E-state index contributed by atoms with van der Waals surface area (Å²) in [6, 6.07) is 0. The Morgan fingerprint density at radius 1 is 1.12 bits per heavy atom. The number of rotatable bonds is 2. The lowest BCUT2D eigenvalue weighted by Crippen LogP contribution is -2.46. The topological polar surface area (TPSA) is 72.5 Å². The van der Waals surface area contributed by atoms with Gasteiger partial charge in [0.15, 0.2) is 17.9 Å². The molecular weight excluding hydrogens is 328 g/mol. The lowest BCUT2D eigenvalue weighted by atomic mass is 9.76. The summed E-state index contributed by atoms with van der Waals surface area (Å²) in [6.07, 6.45) is 1.99. The molecule has 0 aromatic rings. The summed E-state index contributed by atoms with van der Waals surface area (Å²) in [6.45, 7) is 7.95. The second-order valence-electron chi connectivity index (χ2n) is 8.12. The van der Waals surface area contributed by atoms with E-state index in [9.17, 15) is 4.79 Å². The van der Waals surface area contributed by atoms with Crippen LogP contribution in [0, 0.1) is 5.41 Å². The smallest absolute Gasteiger partial charge is 0.333 e. The van der Waals surface area contributed by atoms with Gasteiger partial charge in [-0.05, 0) is 40.5 Å². The van der Waals surface area contributed by atoms with Crippen molar-refractivity contribution in [2.45, 2.75) is 76.7 Å². The normalized spacial score (nSPS) is 44.1. The summed E-state index contributed by atoms with van der Waals surface area (Å²) in [5, 5.41) is 0. The first-order valence-electron chi connectivity index (χ1n) is 8.79. The number of carbonyl (C=O) groups is 1. The largest absolute Gasteiger partial charge is 0.466 e. The van der Waals surface area contributed by atoms with Crippen molar-refractivity contribution in [2.24, 2.45) is 5.41 Å². The van der Waals surface area contributed by atoms with E-state index in [0.717, 1.165) is 6.42 Å². The maximum absolute atomic E-state index is 12.0. The molecule has 3 heterocycles. The van der Waals surface area contributed by atoms with Gasteiger partial charge in [0.2, 0.25) is 0 Å². The van der Waals surface area contributed by atoms with Gasteiger partial charge in [-0.15, -0.1) is 0 Å². The van der Waals surface area contributed by atoms with Crippen LogP contribution >= 0.6 is 0 Å². The summed E-state index contributed by atoms with van der Waals surface area (Å²) >= 11 is 0. The van der Waals surface area contributed by atoms with E-state index in [1.165, 1.54) is 7.11 Å². The zero-order valence-electron chi connectivity index (χ0n) is 15.4. The van der Waals surface area contributed by atoms with E-state index in [1.54, 1.807) is 0 Å². The van der Waals surface area contributed by atoms with E-state index in [1.807, 2.05) is 33.8 Å². The Morgan fingerprint density at radius 3 is 2.52 bits per heavy atom. The number of hydrogen-bond donors (Lipinski definition) is 0. The van der Waals surface area contributed by atoms with Crippen LogP contribution in [-0.4, -0.2) is 55.9 Å². The second kappa shape index (κ2) is 5.50. The predicted octanol–water partition coefficient (Wildman–Crippen LogP) is 1.89. The van der Waals surface area contributed by atoms with Gasteiger partial charge in [0.25, 0.3) is 0 Å². The molecule has 3 fully saturated rings. The van der Waals surface area contributed by atoms with Gasteiger partial charge in [-0.1, -0.05) is 6.08 Å². The zero-order valence-corrected chi connectivity index (χ0v) is 15.4. The predicted molar refractivity (Wildman–Crippen MR) is 85.4 cm³/mol. The molecule has 4 rings (SSSR count). The molecule has 140 valence electrons. The molecule has 0 amide bonds. The highest BCUT2D eigenvalue weighted by atomic mass is 16.8. The summed E-state index contributed by atoms with van der Waals surface area (Å²) in [5.41, 5.74) is 0.166. The van der Waals surface area contributed by atoms with E-state index in [4.69, 9.17) is 28.4 Å². The highest BCUT2D eigenvalue weighted by Gasteiger charge is 2.66. The van der Waals surface area contributed by atoms with Gasteiger partial charge in [-0.3, -0.25) is 0 Å². The van der Waals surface area contributed by atoms with Gasteiger partial charge in [0.05, 0.1) is 13.7 Å². The van der Waals surface area contributed by atoms with Crippen molar-refractivity contribution >= 4 is 5.97 Å². The van der Waals surface area contributed by atoms with Gasteiger partial charge in [-0.2, -0.15) is 0 Å². The Labute approximate surface area is 147 Å². The van der Waals surface area contributed by atoms with Gasteiger partial charge < -0.3 is 28.4 Å². The molecular formula is C18H26O7. The molecule has 3 aliphatic heterocycles. The average Bonchev–Trinajstić information content (AvgIpc) is 3.24. The molecule has 0 bridgehead atoms. The van der Waals surface area contributed by atoms with Crippen molar-refractivity contribution in [3.63, 3.8) is 0 Å². The fraction of sp³-hybridized carbons (Fsp3) is 0.833. The van der Waals surface area contributed by atoms with Crippen molar-refractivity contribution in [2.75, 3.05) is 13.7 Å². The number of carbonyl (C=O) groups excluding carboxylic acids is 1. The number of ether oxygens (including phenoxy) is 6. The first-order valence-corrected chi connectivity index (χ1v) is 8.79. The molecule has 7 nitrogen and oxygen atoms in total. The van der Waals surface area contributed by atoms with E-state index >= 15 is 0 Å². The lowest BCUT2D eigenvalue weighted by Gasteiger charge is -2.35. The van der Waals surface area contributed by atoms with Crippen LogP contribution in [0.15, 0.2) is 11.6 Å². The van der Waals surface area contributed by atoms with Gasteiger partial charge in [0, 0.05) is 11.0 Å². The lowest BCUT2D eigenvalue weighted by molar-refractivity contribution is -0.233. The minimum Gasteiger partial charge on any atom is -0.466 e. The monoisotopic (exact) mass is 354 g/mol. The summed E-state index contributed by atoms with van der Waals surface area (Å²) in [4.78, 5) is 12.0. The zero-order chi connectivity index (χ0) is 18.0. The molecule has 4 aliphatic rings. The molecule has 3 saturated heterocycles. The fourth-order valence-corrected chi connectivity index (χ4v) is 4.49. The highest BCUT2D eigenvalue weighted by Crippen LogP contribution is 2.56. The summed E-state index contributed by atoms with van der Waals surface area (Å²) in [5.74, 6) is -1.68. The number of fused-ring (bicyclic) bond motifs is 2. The SMILES string of the molecule is COC(=O)C1=C[C@]2(CC1)[C@@H]([C@H]1COC(C)(C)O1)O[C@@H]1OC(C)(C)O[C@@H]12. The first-order chi connectivity index (χ1) is 11.7. The molecule has 7 heteroatoms. The third-order valence-electron chi connectivity index (χ3n) is 5.48. The van der Waals surface area contributed by atoms with Crippen molar-refractivity contribution in [1.29, 1.82) is 0 Å². The molecule has 0 aromatic heterocycles. The quantitative estimate of drug-likeness (QED) is 0.701. The summed E-state index contributed by atoms with van der Waals surface area (Å²) < 4.78 is 35.1. The Balaban J connectivity index is 1.68. The van der Waals surface area contributed by atoms with Crippen molar-refractivity contribution in [1.82, 2.24) is 0 Å². The Kier molecular flexibility index (Phi) is 3.84. The highest BCUT2D eigenvalue weighted by molar-refractivity contribution is 5.89. The minimum atomic E-state index is -0.721. The average molecular weight is 354 g/mol. The summed E-state index contributed by atoms with van der Waals surface area (Å²) in [7, 11) is 1.40. The van der Waals surface area contributed by atoms with Gasteiger partial charge in [0.1, 0.15) is 18.3 Å². The van der Waals surface area contributed by atoms with E-state index in [-0.39, 0.29) is 24.3 Å². The molecule has 25 heavy (non-hydrogen) atoms. The maximum atomic E-state index is 12.0. The molecule has 1 aliphatic carbocycles. The first kappa shape index (κ1) is 17.4. The van der Waals surface area contributed by atoms with Crippen LogP contribution in [0.25, 0.3) is 0 Å². The van der Waals surface area contributed by atoms with E-state index < -0.39 is 23.3 Å². The van der Waals surface area contributed by atoms with Gasteiger partial charge in [-0.25, -0.2) is 4.79 Å². The minimum absolute atomic E-state index is 0.246. The van der Waals surface area contributed by atoms with Crippen LogP contribution in [0.1, 0.15) is 40.5 Å². The molecule has 0 unspecified atom stereocenters. The Morgan fingerprint density at radius 2 is 1.88 bits per heavy atom. The van der Waals surface area contributed by atoms with Crippen LogP contribution in [0.2, 0.25) is 0 Å². The molecule has 0 aromatic carbocycles. The van der Waals surface area contributed by atoms with E-state index in [2.05, 4.69) is 0 Å². The van der Waals surface area contributed by atoms with E-state index in [0.29, 0.717) is 18.6 Å². The van der Waals surface area contributed by atoms with Crippen LogP contribution in [-0.2, 0) is 33.2 Å². The Bertz CT molecular complexity index is 611. The second-order valence-corrected chi connectivity index (χ2v) is 8.12. The molecule has 5 atom stereocenters. The van der Waals surface area contributed by atoms with Crippen LogP contribution in [0.5, 0.6) is 0 Å². The number of hydrogen-bond acceptors (Lipinski definition) is 7. The van der Waals surface area contributed by atoms with Gasteiger partial charge >= 0.3 is 5.97 Å². The molecule has 0 saturated carbocycles. The standard InChI is InChI=1S/C18H26O7/c1-16(2)21-9-11(23-16)12-18(7-6-10(8-18)14(19)20-5)13-15(22-12)25-17(3,4)24-13/h8,11-13,15H,6-7,9H2,1-5H3/t11-,12-,13+,15-,18-/m1/s1. The molecule has 1 spiro atoms. The fourth-order valence-electron chi connectivity index (χ4n) is 4.49. The number of esters is 1. The third kappa shape index (κ3) is 2.73. The van der Waals surface area contributed by atoms with Crippen molar-refractivity contribution in [3.8, 4) is 0 Å². The molecule has 0 N–H and O–H groups in total. The third-order valence-corrected chi connectivity index (χ3v) is 5.48. The van der Waals surface area contributed by atoms with Crippen molar-refractivity contribution < 1.29 is 33.2 Å².